The van der Waals surface area contributed by atoms with Crippen LogP contribution in [0.2, 0.25) is 0 Å². The van der Waals surface area contributed by atoms with Crippen LogP contribution < -0.4 is 10.6 Å². The van der Waals surface area contributed by atoms with Gasteiger partial charge in [0.2, 0.25) is 5.91 Å². The van der Waals surface area contributed by atoms with Crippen molar-refractivity contribution in [3.05, 3.63) is 11.6 Å². The molecule has 3 heteroatoms. The highest BCUT2D eigenvalue weighted by Gasteiger charge is 2.22. The Hall–Kier alpha value is -0.830. The number of rotatable bonds is 2. The van der Waals surface area contributed by atoms with Crippen molar-refractivity contribution in [1.29, 1.82) is 0 Å². The van der Waals surface area contributed by atoms with Gasteiger partial charge in [-0.3, -0.25) is 4.79 Å². The lowest BCUT2D eigenvalue weighted by Gasteiger charge is -2.30. The summed E-state index contributed by atoms with van der Waals surface area (Å²) < 4.78 is 0. The van der Waals surface area contributed by atoms with Gasteiger partial charge in [0.15, 0.2) is 0 Å². The van der Waals surface area contributed by atoms with Gasteiger partial charge in [0.1, 0.15) is 0 Å². The molecule has 3 nitrogen and oxygen atoms in total. The maximum atomic E-state index is 11.6. The molecule has 0 aromatic carbocycles. The first-order valence-corrected chi connectivity index (χ1v) is 5.29. The third-order valence-corrected chi connectivity index (χ3v) is 2.94. The number of carbonyl (C=O) groups excluding carboxylic acids is 1. The molecule has 2 unspecified atom stereocenters. The third-order valence-electron chi connectivity index (χ3n) is 2.94. The van der Waals surface area contributed by atoms with Crippen LogP contribution in [0, 0.1) is 5.92 Å². The van der Waals surface area contributed by atoms with E-state index in [-0.39, 0.29) is 11.9 Å². The van der Waals surface area contributed by atoms with E-state index in [1.54, 1.807) is 0 Å². The molecular formula is C11H20N2O. The van der Waals surface area contributed by atoms with Crippen molar-refractivity contribution in [1.82, 2.24) is 10.6 Å². The SMILES string of the molecule is C/C=C(\C)C(=O)NC1CNCCC1C. The molecule has 1 saturated heterocycles. The zero-order chi connectivity index (χ0) is 10.6. The van der Waals surface area contributed by atoms with Crippen molar-refractivity contribution in [2.45, 2.75) is 33.2 Å². The number of hydrogen-bond donors (Lipinski definition) is 2. The average molecular weight is 196 g/mol. The van der Waals surface area contributed by atoms with Crippen LogP contribution in [0.1, 0.15) is 27.2 Å². The quantitative estimate of drug-likeness (QED) is 0.649. The molecule has 2 N–H and O–H groups in total. The molecule has 0 spiro atoms. The van der Waals surface area contributed by atoms with Crippen molar-refractivity contribution >= 4 is 5.91 Å². The molecule has 0 aromatic rings. The largest absolute Gasteiger partial charge is 0.348 e. The molecule has 80 valence electrons. The Balaban J connectivity index is 2.46. The Morgan fingerprint density at radius 3 is 2.86 bits per heavy atom. The van der Waals surface area contributed by atoms with Crippen molar-refractivity contribution in [2.24, 2.45) is 5.92 Å². The second-order valence-corrected chi connectivity index (χ2v) is 4.02. The molecular weight excluding hydrogens is 176 g/mol. The van der Waals surface area contributed by atoms with E-state index in [1.807, 2.05) is 19.9 Å². The second kappa shape index (κ2) is 5.15. The molecule has 1 fully saturated rings. The van der Waals surface area contributed by atoms with E-state index in [2.05, 4.69) is 17.6 Å². The molecule has 1 aliphatic heterocycles. The summed E-state index contributed by atoms with van der Waals surface area (Å²) in [7, 11) is 0. The fraction of sp³-hybridized carbons (Fsp3) is 0.727. The van der Waals surface area contributed by atoms with E-state index in [0.29, 0.717) is 5.92 Å². The standard InChI is InChI=1S/C11H20N2O/c1-4-8(2)11(14)13-10-7-12-6-5-9(10)3/h4,9-10,12H,5-7H2,1-3H3,(H,13,14)/b8-4+. The van der Waals surface area contributed by atoms with E-state index >= 15 is 0 Å². The summed E-state index contributed by atoms with van der Waals surface area (Å²) in [6, 6.07) is 0.283. The zero-order valence-electron chi connectivity index (χ0n) is 9.26. The van der Waals surface area contributed by atoms with Gasteiger partial charge >= 0.3 is 0 Å². The molecule has 1 heterocycles. The highest BCUT2D eigenvalue weighted by molar-refractivity contribution is 5.92. The van der Waals surface area contributed by atoms with Crippen LogP contribution in [0.25, 0.3) is 0 Å². The monoisotopic (exact) mass is 196 g/mol. The summed E-state index contributed by atoms with van der Waals surface area (Å²) in [4.78, 5) is 11.6. The zero-order valence-corrected chi connectivity index (χ0v) is 9.26. The van der Waals surface area contributed by atoms with Crippen LogP contribution in [0.4, 0.5) is 0 Å². The normalized spacial score (nSPS) is 28.6. The first-order chi connectivity index (χ1) is 6.65. The Bertz CT molecular complexity index is 235. The molecule has 1 amide bonds. The van der Waals surface area contributed by atoms with Gasteiger partial charge in [-0.2, -0.15) is 0 Å². The first kappa shape index (κ1) is 11.2. The molecule has 0 bridgehead atoms. The molecule has 14 heavy (non-hydrogen) atoms. The van der Waals surface area contributed by atoms with Crippen molar-refractivity contribution in [2.75, 3.05) is 13.1 Å². The predicted octanol–water partition coefficient (Wildman–Crippen LogP) is 1.07. The number of carbonyl (C=O) groups is 1. The summed E-state index contributed by atoms with van der Waals surface area (Å²) in [5.74, 6) is 0.637. The van der Waals surface area contributed by atoms with Crippen LogP contribution in [-0.4, -0.2) is 25.0 Å². The smallest absolute Gasteiger partial charge is 0.246 e. The fourth-order valence-corrected chi connectivity index (χ4v) is 1.60. The van der Waals surface area contributed by atoms with Crippen LogP contribution in [0.3, 0.4) is 0 Å². The fourth-order valence-electron chi connectivity index (χ4n) is 1.60. The number of piperidine rings is 1. The van der Waals surface area contributed by atoms with Gasteiger partial charge in [0, 0.05) is 18.2 Å². The number of nitrogens with one attached hydrogen (secondary N) is 2. The molecule has 0 radical (unpaired) electrons. The molecule has 1 aliphatic rings. The van der Waals surface area contributed by atoms with Gasteiger partial charge in [-0.1, -0.05) is 13.0 Å². The van der Waals surface area contributed by atoms with Gasteiger partial charge in [0.25, 0.3) is 0 Å². The summed E-state index contributed by atoms with van der Waals surface area (Å²) in [6.07, 6.45) is 2.98. The number of amides is 1. The van der Waals surface area contributed by atoms with Crippen LogP contribution in [0.5, 0.6) is 0 Å². The molecule has 2 atom stereocenters. The van der Waals surface area contributed by atoms with Crippen molar-refractivity contribution < 1.29 is 4.79 Å². The van der Waals surface area contributed by atoms with Gasteiger partial charge < -0.3 is 10.6 Å². The summed E-state index contributed by atoms with van der Waals surface area (Å²) >= 11 is 0. The Morgan fingerprint density at radius 2 is 2.29 bits per heavy atom. The summed E-state index contributed by atoms with van der Waals surface area (Å²) in [6.45, 7) is 7.88. The van der Waals surface area contributed by atoms with E-state index in [4.69, 9.17) is 0 Å². The van der Waals surface area contributed by atoms with Gasteiger partial charge in [-0.25, -0.2) is 0 Å². The lowest BCUT2D eigenvalue weighted by Crippen LogP contribution is -2.50. The van der Waals surface area contributed by atoms with Crippen molar-refractivity contribution in [3.8, 4) is 0 Å². The van der Waals surface area contributed by atoms with Crippen molar-refractivity contribution in [3.63, 3.8) is 0 Å². The lowest BCUT2D eigenvalue weighted by molar-refractivity contribution is -0.118. The number of hydrogen-bond acceptors (Lipinski definition) is 2. The van der Waals surface area contributed by atoms with Gasteiger partial charge in [0.05, 0.1) is 0 Å². The molecule has 0 aromatic heterocycles. The average Bonchev–Trinajstić information content (AvgIpc) is 2.20. The van der Waals surface area contributed by atoms with E-state index in [1.165, 1.54) is 0 Å². The minimum atomic E-state index is 0.0630. The van der Waals surface area contributed by atoms with Crippen LogP contribution in [-0.2, 0) is 4.79 Å². The maximum absolute atomic E-state index is 11.6. The first-order valence-electron chi connectivity index (χ1n) is 5.29. The highest BCUT2D eigenvalue weighted by Crippen LogP contribution is 2.11. The Labute approximate surface area is 86.0 Å². The lowest BCUT2D eigenvalue weighted by atomic mass is 9.94. The Morgan fingerprint density at radius 1 is 1.57 bits per heavy atom. The second-order valence-electron chi connectivity index (χ2n) is 4.02. The topological polar surface area (TPSA) is 41.1 Å². The Kier molecular flexibility index (Phi) is 4.14. The minimum absolute atomic E-state index is 0.0630. The molecule has 0 saturated carbocycles. The van der Waals surface area contributed by atoms with E-state index in [9.17, 15) is 4.79 Å². The van der Waals surface area contributed by atoms with Crippen LogP contribution >= 0.6 is 0 Å². The van der Waals surface area contributed by atoms with E-state index < -0.39 is 0 Å². The number of allylic oxidation sites excluding steroid dienone is 1. The maximum Gasteiger partial charge on any atom is 0.246 e. The highest BCUT2D eigenvalue weighted by atomic mass is 16.1. The van der Waals surface area contributed by atoms with Crippen LogP contribution in [0.15, 0.2) is 11.6 Å². The predicted molar refractivity (Wildman–Crippen MR) is 58.0 cm³/mol. The summed E-state index contributed by atoms with van der Waals surface area (Å²) in [5.41, 5.74) is 0.794. The minimum Gasteiger partial charge on any atom is -0.348 e. The van der Waals surface area contributed by atoms with Gasteiger partial charge in [-0.05, 0) is 32.7 Å². The summed E-state index contributed by atoms with van der Waals surface area (Å²) in [5, 5.41) is 6.34. The molecule has 1 rings (SSSR count). The molecule has 0 aliphatic carbocycles. The van der Waals surface area contributed by atoms with E-state index in [0.717, 1.165) is 25.1 Å². The van der Waals surface area contributed by atoms with Gasteiger partial charge in [-0.15, -0.1) is 0 Å². The third kappa shape index (κ3) is 2.84.